The zero-order valence-electron chi connectivity index (χ0n) is 10.5. The Morgan fingerprint density at radius 2 is 2.00 bits per heavy atom. The van der Waals surface area contributed by atoms with Crippen LogP contribution in [0.3, 0.4) is 0 Å². The molecule has 2 aliphatic rings. The normalized spacial score (nSPS) is 41.6. The van der Waals surface area contributed by atoms with Gasteiger partial charge < -0.3 is 5.32 Å². The summed E-state index contributed by atoms with van der Waals surface area (Å²) in [7, 11) is 0. The Morgan fingerprint density at radius 3 is 2.62 bits per heavy atom. The van der Waals surface area contributed by atoms with Crippen molar-refractivity contribution >= 4 is 0 Å². The van der Waals surface area contributed by atoms with E-state index in [1.54, 1.807) is 0 Å². The van der Waals surface area contributed by atoms with Gasteiger partial charge in [-0.3, -0.25) is 4.90 Å². The molecule has 0 bridgehead atoms. The van der Waals surface area contributed by atoms with Gasteiger partial charge in [0.05, 0.1) is 6.07 Å². The highest BCUT2D eigenvalue weighted by atomic mass is 15.2. The standard InChI is InChI=1S/C13H23N3/c1-11-4-3-5-13(10-14,12(11)2)16-8-6-15-7-9-16/h11-12,15H,3-9H2,1-2H3. The molecule has 3 heteroatoms. The van der Waals surface area contributed by atoms with E-state index in [4.69, 9.17) is 0 Å². The molecule has 3 atom stereocenters. The van der Waals surface area contributed by atoms with Gasteiger partial charge in [-0.1, -0.05) is 26.7 Å². The molecular weight excluding hydrogens is 198 g/mol. The first-order valence-electron chi connectivity index (χ1n) is 6.58. The summed E-state index contributed by atoms with van der Waals surface area (Å²) in [5.74, 6) is 1.19. The molecule has 16 heavy (non-hydrogen) atoms. The largest absolute Gasteiger partial charge is 0.314 e. The maximum Gasteiger partial charge on any atom is 0.112 e. The summed E-state index contributed by atoms with van der Waals surface area (Å²) in [6, 6.07) is 2.67. The van der Waals surface area contributed by atoms with Crippen molar-refractivity contribution in [2.75, 3.05) is 26.2 Å². The van der Waals surface area contributed by atoms with Crippen LogP contribution >= 0.6 is 0 Å². The maximum atomic E-state index is 9.67. The van der Waals surface area contributed by atoms with Crippen LogP contribution in [0.4, 0.5) is 0 Å². The minimum atomic E-state index is -0.181. The lowest BCUT2D eigenvalue weighted by Crippen LogP contribution is -2.60. The van der Waals surface area contributed by atoms with Gasteiger partial charge in [0, 0.05) is 26.2 Å². The fraction of sp³-hybridized carbons (Fsp3) is 0.923. The molecule has 3 nitrogen and oxygen atoms in total. The van der Waals surface area contributed by atoms with E-state index in [1.165, 1.54) is 12.8 Å². The Bertz CT molecular complexity index is 277. The van der Waals surface area contributed by atoms with Gasteiger partial charge in [0.1, 0.15) is 5.54 Å². The summed E-state index contributed by atoms with van der Waals surface area (Å²) >= 11 is 0. The number of nitrogens with one attached hydrogen (secondary N) is 1. The first-order valence-corrected chi connectivity index (χ1v) is 6.58. The first-order chi connectivity index (χ1) is 7.70. The lowest BCUT2D eigenvalue weighted by Gasteiger charge is -2.49. The van der Waals surface area contributed by atoms with Crippen LogP contribution in [0.1, 0.15) is 33.1 Å². The highest BCUT2D eigenvalue weighted by Crippen LogP contribution is 2.41. The van der Waals surface area contributed by atoms with E-state index in [1.807, 2.05) is 0 Å². The van der Waals surface area contributed by atoms with E-state index in [2.05, 4.69) is 30.1 Å². The van der Waals surface area contributed by atoms with Crippen molar-refractivity contribution in [2.45, 2.75) is 38.6 Å². The monoisotopic (exact) mass is 221 g/mol. The molecular formula is C13H23N3. The Hall–Kier alpha value is -0.590. The predicted octanol–water partition coefficient (Wildman–Crippen LogP) is 1.61. The van der Waals surface area contributed by atoms with Crippen molar-refractivity contribution < 1.29 is 0 Å². The number of hydrogen-bond donors (Lipinski definition) is 1. The van der Waals surface area contributed by atoms with Crippen LogP contribution in [0.5, 0.6) is 0 Å². The quantitative estimate of drug-likeness (QED) is 0.731. The van der Waals surface area contributed by atoms with Gasteiger partial charge in [-0.25, -0.2) is 0 Å². The highest BCUT2D eigenvalue weighted by Gasteiger charge is 2.46. The van der Waals surface area contributed by atoms with E-state index in [9.17, 15) is 5.26 Å². The predicted molar refractivity (Wildman–Crippen MR) is 65.0 cm³/mol. The summed E-state index contributed by atoms with van der Waals surface area (Å²) in [6.07, 6.45) is 3.56. The minimum absolute atomic E-state index is 0.181. The molecule has 1 N–H and O–H groups in total. The van der Waals surface area contributed by atoms with Gasteiger partial charge in [0.2, 0.25) is 0 Å². The summed E-state index contributed by atoms with van der Waals surface area (Å²) in [4.78, 5) is 2.43. The molecule has 1 aliphatic heterocycles. The Labute approximate surface area is 98.8 Å². The van der Waals surface area contributed by atoms with E-state index in [0.29, 0.717) is 11.8 Å². The van der Waals surface area contributed by atoms with Crippen LogP contribution < -0.4 is 5.32 Å². The topological polar surface area (TPSA) is 39.1 Å². The molecule has 1 saturated carbocycles. The van der Waals surface area contributed by atoms with Gasteiger partial charge >= 0.3 is 0 Å². The zero-order valence-corrected chi connectivity index (χ0v) is 10.5. The summed E-state index contributed by atoms with van der Waals surface area (Å²) in [6.45, 7) is 8.71. The van der Waals surface area contributed by atoms with Crippen molar-refractivity contribution in [1.82, 2.24) is 10.2 Å². The number of rotatable bonds is 1. The average Bonchev–Trinajstić information content (AvgIpc) is 2.34. The fourth-order valence-corrected chi connectivity index (χ4v) is 3.38. The van der Waals surface area contributed by atoms with Gasteiger partial charge in [-0.15, -0.1) is 0 Å². The average molecular weight is 221 g/mol. The van der Waals surface area contributed by atoms with Gasteiger partial charge in [0.15, 0.2) is 0 Å². The van der Waals surface area contributed by atoms with E-state index in [0.717, 1.165) is 32.6 Å². The molecule has 2 fully saturated rings. The van der Waals surface area contributed by atoms with Gasteiger partial charge in [-0.2, -0.15) is 5.26 Å². The van der Waals surface area contributed by atoms with Crippen LogP contribution in [0.25, 0.3) is 0 Å². The third-order valence-electron chi connectivity index (χ3n) is 4.70. The third kappa shape index (κ3) is 1.85. The third-order valence-corrected chi connectivity index (χ3v) is 4.70. The molecule has 1 aliphatic carbocycles. The van der Waals surface area contributed by atoms with E-state index in [-0.39, 0.29) is 5.54 Å². The second kappa shape index (κ2) is 4.73. The lowest BCUT2D eigenvalue weighted by atomic mass is 9.68. The molecule has 3 unspecified atom stereocenters. The molecule has 0 spiro atoms. The van der Waals surface area contributed by atoms with Crippen LogP contribution in [0.2, 0.25) is 0 Å². The highest BCUT2D eigenvalue weighted by molar-refractivity contribution is 5.14. The molecule has 0 aromatic heterocycles. The molecule has 0 aromatic carbocycles. The first kappa shape index (κ1) is 11.9. The fourth-order valence-electron chi connectivity index (χ4n) is 3.38. The lowest BCUT2D eigenvalue weighted by molar-refractivity contribution is 0.0180. The second-order valence-corrected chi connectivity index (χ2v) is 5.43. The maximum absolute atomic E-state index is 9.67. The minimum Gasteiger partial charge on any atom is -0.314 e. The van der Waals surface area contributed by atoms with Crippen LogP contribution in [0.15, 0.2) is 0 Å². The van der Waals surface area contributed by atoms with Crippen LogP contribution in [-0.4, -0.2) is 36.6 Å². The van der Waals surface area contributed by atoms with Crippen molar-refractivity contribution in [3.63, 3.8) is 0 Å². The molecule has 1 saturated heterocycles. The van der Waals surface area contributed by atoms with E-state index >= 15 is 0 Å². The van der Waals surface area contributed by atoms with Crippen molar-refractivity contribution in [3.05, 3.63) is 0 Å². The number of nitrogens with zero attached hydrogens (tertiary/aromatic N) is 2. The summed E-state index contributed by atoms with van der Waals surface area (Å²) in [5, 5.41) is 13.0. The molecule has 0 amide bonds. The molecule has 90 valence electrons. The Morgan fingerprint density at radius 1 is 1.31 bits per heavy atom. The molecule has 1 heterocycles. The SMILES string of the molecule is CC1CCCC(C#N)(N2CCNCC2)C1C. The van der Waals surface area contributed by atoms with Crippen LogP contribution in [-0.2, 0) is 0 Å². The number of piperazine rings is 1. The Balaban J connectivity index is 2.19. The molecule has 2 rings (SSSR count). The van der Waals surface area contributed by atoms with Crippen molar-refractivity contribution in [2.24, 2.45) is 11.8 Å². The van der Waals surface area contributed by atoms with Gasteiger partial charge in [0.25, 0.3) is 0 Å². The van der Waals surface area contributed by atoms with Crippen molar-refractivity contribution in [3.8, 4) is 6.07 Å². The number of nitriles is 1. The zero-order chi connectivity index (χ0) is 11.6. The van der Waals surface area contributed by atoms with Crippen molar-refractivity contribution in [1.29, 1.82) is 5.26 Å². The Kier molecular flexibility index (Phi) is 3.51. The van der Waals surface area contributed by atoms with Crippen LogP contribution in [0, 0.1) is 23.2 Å². The van der Waals surface area contributed by atoms with E-state index < -0.39 is 0 Å². The smallest absolute Gasteiger partial charge is 0.112 e. The second-order valence-electron chi connectivity index (χ2n) is 5.43. The summed E-state index contributed by atoms with van der Waals surface area (Å²) < 4.78 is 0. The number of hydrogen-bond acceptors (Lipinski definition) is 3. The summed E-state index contributed by atoms with van der Waals surface area (Å²) in [5.41, 5.74) is -0.181. The van der Waals surface area contributed by atoms with Gasteiger partial charge in [-0.05, 0) is 18.3 Å². The molecule has 0 aromatic rings. The molecule has 0 radical (unpaired) electrons.